The molecule has 0 spiro atoms. The Morgan fingerprint density at radius 1 is 1.47 bits per heavy atom. The zero-order chi connectivity index (χ0) is 14.4. The summed E-state index contributed by atoms with van der Waals surface area (Å²) in [5.74, 6) is -0.0262. The minimum absolute atomic E-state index is 0.0181. The minimum Gasteiger partial charge on any atom is -0.493 e. The molecule has 1 aromatic rings. The highest BCUT2D eigenvalue weighted by molar-refractivity contribution is 5.57. The molecule has 19 heavy (non-hydrogen) atoms. The first kappa shape index (κ1) is 14.9. The van der Waals surface area contributed by atoms with Crippen molar-refractivity contribution in [3.63, 3.8) is 0 Å². The number of benzene rings is 1. The summed E-state index contributed by atoms with van der Waals surface area (Å²) in [5.41, 5.74) is 0.497. The molecule has 0 amide bonds. The number of nitrogens with zero attached hydrogens (tertiary/aromatic N) is 1. The Morgan fingerprint density at radius 3 is 2.63 bits per heavy atom. The quantitative estimate of drug-likeness (QED) is 0.589. The molecule has 7 heteroatoms. The van der Waals surface area contributed by atoms with Gasteiger partial charge in [0.05, 0.1) is 12.0 Å². The molecule has 0 unspecified atom stereocenters. The van der Waals surface area contributed by atoms with Gasteiger partial charge in [0, 0.05) is 12.5 Å². The maximum Gasteiger partial charge on any atom is 0.387 e. The van der Waals surface area contributed by atoms with Crippen molar-refractivity contribution >= 4 is 6.08 Å². The summed E-state index contributed by atoms with van der Waals surface area (Å²) < 4.78 is 33.4. The van der Waals surface area contributed by atoms with Crippen LogP contribution in [0.5, 0.6) is 11.5 Å². The number of hydrogen-bond donors (Lipinski definition) is 0. The number of nitro groups is 1. The monoisotopic (exact) mass is 273 g/mol. The third-order valence-corrected chi connectivity index (χ3v) is 2.33. The van der Waals surface area contributed by atoms with Crippen LogP contribution in [0.15, 0.2) is 23.9 Å². The summed E-state index contributed by atoms with van der Waals surface area (Å²) in [7, 11) is 1.30. The number of hydrogen-bond acceptors (Lipinski definition) is 4. The molecule has 0 heterocycles. The molecule has 0 atom stereocenters. The summed E-state index contributed by atoms with van der Waals surface area (Å²) >= 11 is 0. The average Bonchev–Trinajstić information content (AvgIpc) is 2.36. The lowest BCUT2D eigenvalue weighted by molar-refractivity contribution is -0.425. The maximum atomic E-state index is 12.1. The van der Waals surface area contributed by atoms with E-state index in [1.54, 1.807) is 6.92 Å². The third-order valence-electron chi connectivity index (χ3n) is 2.33. The van der Waals surface area contributed by atoms with Crippen molar-refractivity contribution in [1.29, 1.82) is 0 Å². The molecular formula is C12H13F2NO4. The Labute approximate surface area is 108 Å². The highest BCUT2D eigenvalue weighted by Crippen LogP contribution is 2.30. The van der Waals surface area contributed by atoms with Gasteiger partial charge in [0.25, 0.3) is 0 Å². The Kier molecular flexibility index (Phi) is 5.23. The van der Waals surface area contributed by atoms with Crippen molar-refractivity contribution in [3.8, 4) is 11.5 Å². The molecule has 0 bridgehead atoms. The second-order valence-electron chi connectivity index (χ2n) is 3.54. The number of alkyl halides is 2. The Balaban J connectivity index is 3.09. The topological polar surface area (TPSA) is 61.6 Å². The molecule has 104 valence electrons. The first-order valence-corrected chi connectivity index (χ1v) is 5.45. The predicted molar refractivity (Wildman–Crippen MR) is 64.9 cm³/mol. The van der Waals surface area contributed by atoms with Crippen LogP contribution in [0, 0.1) is 10.1 Å². The molecule has 0 aromatic heterocycles. The van der Waals surface area contributed by atoms with Crippen molar-refractivity contribution in [3.05, 3.63) is 39.6 Å². The highest BCUT2D eigenvalue weighted by atomic mass is 19.3. The van der Waals surface area contributed by atoms with Crippen LogP contribution in [0.4, 0.5) is 8.78 Å². The number of rotatable bonds is 6. The van der Waals surface area contributed by atoms with Crippen LogP contribution >= 0.6 is 0 Å². The molecule has 0 N–H and O–H groups in total. The molecule has 1 aromatic carbocycles. The number of ether oxygens (including phenoxy) is 2. The van der Waals surface area contributed by atoms with E-state index in [0.717, 1.165) is 0 Å². The van der Waals surface area contributed by atoms with Gasteiger partial charge in [0.15, 0.2) is 11.5 Å². The second-order valence-corrected chi connectivity index (χ2v) is 3.54. The maximum absolute atomic E-state index is 12.1. The van der Waals surface area contributed by atoms with Gasteiger partial charge in [0.1, 0.15) is 0 Å². The lowest BCUT2D eigenvalue weighted by atomic mass is 10.1. The van der Waals surface area contributed by atoms with Crippen molar-refractivity contribution in [2.75, 3.05) is 7.11 Å². The Morgan fingerprint density at radius 2 is 2.16 bits per heavy atom. The van der Waals surface area contributed by atoms with E-state index in [1.807, 2.05) is 0 Å². The van der Waals surface area contributed by atoms with Crippen molar-refractivity contribution in [2.24, 2.45) is 0 Å². The van der Waals surface area contributed by atoms with Crippen LogP contribution in [-0.4, -0.2) is 18.6 Å². The molecule has 0 aliphatic heterocycles. The molecule has 1 rings (SSSR count). The van der Waals surface area contributed by atoms with Crippen LogP contribution in [0.1, 0.15) is 18.9 Å². The molecule has 0 saturated carbocycles. The van der Waals surface area contributed by atoms with E-state index in [1.165, 1.54) is 31.4 Å². The van der Waals surface area contributed by atoms with Crippen LogP contribution < -0.4 is 9.47 Å². The fraction of sp³-hybridized carbons (Fsp3) is 0.333. The lowest BCUT2D eigenvalue weighted by Gasteiger charge is -2.10. The molecule has 0 aliphatic rings. The van der Waals surface area contributed by atoms with Crippen molar-refractivity contribution < 1.29 is 23.2 Å². The standard InChI is InChI=1S/C12H13F2NO4/c1-3-9(15(16)17)6-8-4-5-10(19-12(13)14)11(7-8)18-2/h4-7,12H,3H2,1-2H3. The Bertz CT molecular complexity index is 489. The van der Waals surface area contributed by atoms with E-state index >= 15 is 0 Å². The van der Waals surface area contributed by atoms with Crippen LogP contribution in [0.2, 0.25) is 0 Å². The van der Waals surface area contributed by atoms with Crippen molar-refractivity contribution in [2.45, 2.75) is 20.0 Å². The summed E-state index contributed by atoms with van der Waals surface area (Å²) in [6, 6.07) is 4.13. The van der Waals surface area contributed by atoms with Crippen LogP contribution in [-0.2, 0) is 0 Å². The smallest absolute Gasteiger partial charge is 0.387 e. The van der Waals surface area contributed by atoms with E-state index in [2.05, 4.69) is 4.74 Å². The zero-order valence-electron chi connectivity index (χ0n) is 10.4. The third kappa shape index (κ3) is 4.20. The summed E-state index contributed by atoms with van der Waals surface area (Å²) in [5, 5.41) is 10.7. The van der Waals surface area contributed by atoms with Crippen LogP contribution in [0.25, 0.3) is 6.08 Å². The van der Waals surface area contributed by atoms with Gasteiger partial charge in [-0.25, -0.2) is 0 Å². The summed E-state index contributed by atoms with van der Waals surface area (Å²) in [6.07, 6.45) is 1.61. The van der Waals surface area contributed by atoms with Gasteiger partial charge in [-0.15, -0.1) is 0 Å². The average molecular weight is 273 g/mol. The van der Waals surface area contributed by atoms with Crippen LogP contribution in [0.3, 0.4) is 0 Å². The van der Waals surface area contributed by atoms with E-state index in [-0.39, 0.29) is 23.6 Å². The van der Waals surface area contributed by atoms with Gasteiger partial charge in [-0.2, -0.15) is 8.78 Å². The van der Waals surface area contributed by atoms with E-state index < -0.39 is 11.5 Å². The Hall–Kier alpha value is -2.18. The summed E-state index contributed by atoms with van der Waals surface area (Å²) in [4.78, 5) is 10.2. The fourth-order valence-corrected chi connectivity index (χ4v) is 1.44. The normalized spacial score (nSPS) is 11.5. The molecule has 0 radical (unpaired) electrons. The van der Waals surface area contributed by atoms with Gasteiger partial charge in [-0.05, 0) is 17.7 Å². The predicted octanol–water partition coefficient (Wildman–Crippen LogP) is 3.32. The van der Waals surface area contributed by atoms with E-state index in [9.17, 15) is 18.9 Å². The van der Waals surface area contributed by atoms with E-state index in [0.29, 0.717) is 5.56 Å². The first-order valence-electron chi connectivity index (χ1n) is 5.45. The van der Waals surface area contributed by atoms with Crippen molar-refractivity contribution in [1.82, 2.24) is 0 Å². The highest BCUT2D eigenvalue weighted by Gasteiger charge is 2.12. The first-order chi connectivity index (χ1) is 8.97. The molecular weight excluding hydrogens is 260 g/mol. The fourth-order valence-electron chi connectivity index (χ4n) is 1.44. The largest absolute Gasteiger partial charge is 0.493 e. The van der Waals surface area contributed by atoms with Gasteiger partial charge in [-0.1, -0.05) is 13.0 Å². The minimum atomic E-state index is -2.96. The molecule has 0 saturated heterocycles. The number of halogens is 2. The lowest BCUT2D eigenvalue weighted by Crippen LogP contribution is -2.03. The summed E-state index contributed by atoms with van der Waals surface area (Å²) in [6.45, 7) is -1.31. The molecule has 5 nitrogen and oxygen atoms in total. The zero-order valence-corrected chi connectivity index (χ0v) is 10.4. The number of allylic oxidation sites excluding steroid dienone is 1. The molecule has 0 fully saturated rings. The van der Waals surface area contributed by atoms with E-state index in [4.69, 9.17) is 4.74 Å². The molecule has 0 aliphatic carbocycles. The van der Waals surface area contributed by atoms with Gasteiger partial charge in [-0.3, -0.25) is 10.1 Å². The SMILES string of the molecule is CCC(=Cc1ccc(OC(F)F)c(OC)c1)[N+](=O)[O-]. The van der Waals surface area contributed by atoms with Gasteiger partial charge in [0.2, 0.25) is 5.70 Å². The number of methoxy groups -OCH3 is 1. The second kappa shape index (κ2) is 6.67. The van der Waals surface area contributed by atoms with Gasteiger partial charge >= 0.3 is 6.61 Å². The van der Waals surface area contributed by atoms with Gasteiger partial charge < -0.3 is 9.47 Å².